The van der Waals surface area contributed by atoms with Gasteiger partial charge in [-0.2, -0.15) is 0 Å². The molecule has 0 fully saturated rings. The quantitative estimate of drug-likeness (QED) is 0.0196. The Hall–Kier alpha value is -2.81. The molecule has 10 heteroatoms. The van der Waals surface area contributed by atoms with Gasteiger partial charge in [0, 0.05) is 6.42 Å². The molecule has 0 aliphatic heterocycles. The van der Waals surface area contributed by atoms with Crippen LogP contribution in [-0.2, 0) is 32.7 Å². The van der Waals surface area contributed by atoms with Crippen LogP contribution < -0.4 is 4.89 Å². The number of unbranched alkanes of at least 4 members (excludes halogenated alkanes) is 14. The van der Waals surface area contributed by atoms with Crippen molar-refractivity contribution in [3.8, 4) is 0 Å². The molecule has 0 aromatic rings. The Morgan fingerprint density at radius 2 is 1.00 bits per heavy atom. The normalized spacial score (nSPS) is 14.3. The van der Waals surface area contributed by atoms with Crippen LogP contribution in [0.25, 0.3) is 0 Å². The van der Waals surface area contributed by atoms with Gasteiger partial charge in [-0.15, -0.1) is 0 Å². The first-order valence-electron chi connectivity index (χ1n) is 23.3. The van der Waals surface area contributed by atoms with E-state index in [0.29, 0.717) is 23.9 Å². The minimum absolute atomic E-state index is 0.0121. The first kappa shape index (κ1) is 57.2. The van der Waals surface area contributed by atoms with Gasteiger partial charge in [0.1, 0.15) is 19.8 Å². The number of ether oxygens (including phenoxy) is 2. The molecule has 344 valence electrons. The summed E-state index contributed by atoms with van der Waals surface area (Å²) in [7, 11) is 1.09. The molecule has 0 aromatic heterocycles. The number of nitrogens with zero attached hydrogens (tertiary/aromatic N) is 1. The summed E-state index contributed by atoms with van der Waals surface area (Å²) in [4.78, 5) is 37.5. The average molecular weight is 860 g/mol. The predicted octanol–water partition coefficient (Wildman–Crippen LogP) is 12.9. The third-order valence-corrected chi connectivity index (χ3v) is 10.4. The van der Waals surface area contributed by atoms with Crippen molar-refractivity contribution in [2.75, 3.05) is 47.5 Å². The zero-order valence-electron chi connectivity index (χ0n) is 38.6. The summed E-state index contributed by atoms with van der Waals surface area (Å²) >= 11 is 0. The largest absolute Gasteiger partial charge is 0.756 e. The molecule has 0 saturated heterocycles. The second kappa shape index (κ2) is 41.5. The maximum atomic E-state index is 12.6. The van der Waals surface area contributed by atoms with E-state index in [4.69, 9.17) is 18.5 Å². The third-order valence-electron chi connectivity index (χ3n) is 9.43. The first-order valence-corrected chi connectivity index (χ1v) is 24.8. The fourth-order valence-corrected chi connectivity index (χ4v) is 6.55. The fourth-order valence-electron chi connectivity index (χ4n) is 5.82. The molecule has 60 heavy (non-hydrogen) atoms. The van der Waals surface area contributed by atoms with E-state index >= 15 is 0 Å². The van der Waals surface area contributed by atoms with E-state index in [1.54, 1.807) is 6.08 Å². The summed E-state index contributed by atoms with van der Waals surface area (Å²) in [6.45, 7) is 3.97. The monoisotopic (exact) mass is 860 g/mol. The van der Waals surface area contributed by atoms with Gasteiger partial charge in [0.2, 0.25) is 0 Å². The van der Waals surface area contributed by atoms with E-state index in [0.717, 1.165) is 57.8 Å². The number of esters is 2. The van der Waals surface area contributed by atoms with Crippen LogP contribution in [0.15, 0.2) is 85.1 Å². The predicted molar refractivity (Wildman–Crippen MR) is 249 cm³/mol. The van der Waals surface area contributed by atoms with E-state index in [9.17, 15) is 19.0 Å². The Bertz CT molecular complexity index is 1290. The van der Waals surface area contributed by atoms with Crippen molar-refractivity contribution >= 4 is 19.8 Å². The van der Waals surface area contributed by atoms with Gasteiger partial charge in [-0.25, -0.2) is 0 Å². The Labute approximate surface area is 367 Å². The van der Waals surface area contributed by atoms with Crippen molar-refractivity contribution in [1.29, 1.82) is 0 Å². The summed E-state index contributed by atoms with van der Waals surface area (Å²) < 4.78 is 33.8. The minimum Gasteiger partial charge on any atom is -0.756 e. The lowest BCUT2D eigenvalue weighted by molar-refractivity contribution is -0.870. The SMILES string of the molecule is CC/C=C\C/C=C\C/C=C\C/C=C\C/C=C\CC(=O)OC(COC(=O)CCCCCCCCCCC/C=C\C/C=C\CCCCCCC)COP(=O)([O-])OCC[N+](C)(C)C. The fraction of sp³-hybridized carbons (Fsp3) is 0.680. The number of carbonyl (C=O) groups excluding carboxylic acids is 2. The minimum atomic E-state index is -4.66. The number of allylic oxidation sites excluding steroid dienone is 13. The molecule has 0 spiro atoms. The molecule has 0 heterocycles. The average Bonchev–Trinajstić information content (AvgIpc) is 3.20. The molecular formula is C50H86NO8P. The smallest absolute Gasteiger partial charge is 0.310 e. The molecule has 0 aliphatic rings. The van der Waals surface area contributed by atoms with Crippen LogP contribution >= 0.6 is 7.82 Å². The third kappa shape index (κ3) is 44.7. The van der Waals surface area contributed by atoms with Crippen LogP contribution in [0.3, 0.4) is 0 Å². The molecule has 0 rings (SSSR count). The zero-order valence-corrected chi connectivity index (χ0v) is 39.5. The summed E-state index contributed by atoms with van der Waals surface area (Å²) in [5.41, 5.74) is 0. The van der Waals surface area contributed by atoms with E-state index in [1.165, 1.54) is 70.6 Å². The molecule has 0 amide bonds. The number of phosphoric acid groups is 1. The summed E-state index contributed by atoms with van der Waals surface area (Å²) in [6.07, 6.45) is 53.6. The summed E-state index contributed by atoms with van der Waals surface area (Å²) in [5, 5.41) is 0. The number of phosphoric ester groups is 1. The van der Waals surface area contributed by atoms with Gasteiger partial charge < -0.3 is 27.9 Å². The maximum Gasteiger partial charge on any atom is 0.310 e. The highest BCUT2D eigenvalue weighted by Crippen LogP contribution is 2.38. The lowest BCUT2D eigenvalue weighted by atomic mass is 10.1. The number of rotatable bonds is 41. The van der Waals surface area contributed by atoms with Crippen molar-refractivity contribution in [3.63, 3.8) is 0 Å². The molecule has 2 unspecified atom stereocenters. The molecule has 0 aromatic carbocycles. The van der Waals surface area contributed by atoms with Crippen LogP contribution in [0, 0.1) is 0 Å². The van der Waals surface area contributed by atoms with Gasteiger partial charge >= 0.3 is 11.9 Å². The lowest BCUT2D eigenvalue weighted by Crippen LogP contribution is -2.37. The second-order valence-electron chi connectivity index (χ2n) is 16.4. The highest BCUT2D eigenvalue weighted by molar-refractivity contribution is 7.45. The molecule has 0 bridgehead atoms. The molecule has 0 radical (unpaired) electrons. The molecular weight excluding hydrogens is 774 g/mol. The molecule has 9 nitrogen and oxygen atoms in total. The van der Waals surface area contributed by atoms with Crippen molar-refractivity contribution in [2.24, 2.45) is 0 Å². The van der Waals surface area contributed by atoms with Crippen LogP contribution in [0.5, 0.6) is 0 Å². The van der Waals surface area contributed by atoms with Crippen LogP contribution in [0.4, 0.5) is 0 Å². The zero-order chi connectivity index (χ0) is 44.3. The van der Waals surface area contributed by atoms with Crippen LogP contribution in [0.1, 0.15) is 168 Å². The van der Waals surface area contributed by atoms with Gasteiger partial charge in [0.25, 0.3) is 7.82 Å². The number of hydrogen-bond donors (Lipinski definition) is 0. The summed E-state index contributed by atoms with van der Waals surface area (Å²) in [5.74, 6) is -0.993. The van der Waals surface area contributed by atoms with E-state index in [-0.39, 0.29) is 26.1 Å². The Kier molecular flexibility index (Phi) is 39.6. The van der Waals surface area contributed by atoms with Gasteiger partial charge in [-0.1, -0.05) is 170 Å². The molecule has 0 aliphatic carbocycles. The maximum absolute atomic E-state index is 12.6. The van der Waals surface area contributed by atoms with Crippen LogP contribution in [-0.4, -0.2) is 70.0 Å². The topological polar surface area (TPSA) is 111 Å². The molecule has 0 saturated carbocycles. The summed E-state index contributed by atoms with van der Waals surface area (Å²) in [6, 6.07) is 0. The highest BCUT2D eigenvalue weighted by Gasteiger charge is 2.21. The van der Waals surface area contributed by atoms with Crippen molar-refractivity contribution in [3.05, 3.63) is 85.1 Å². The Balaban J connectivity index is 4.41. The van der Waals surface area contributed by atoms with Crippen molar-refractivity contribution < 1.29 is 42.1 Å². The van der Waals surface area contributed by atoms with Crippen molar-refractivity contribution in [2.45, 2.75) is 174 Å². The van der Waals surface area contributed by atoms with Gasteiger partial charge in [0.05, 0.1) is 34.2 Å². The first-order chi connectivity index (χ1) is 29.0. The number of likely N-dealkylation sites (N-methyl/N-ethyl adjacent to an activating group) is 1. The van der Waals surface area contributed by atoms with E-state index < -0.39 is 32.5 Å². The Morgan fingerprint density at radius 3 is 1.50 bits per heavy atom. The number of carbonyl (C=O) groups is 2. The van der Waals surface area contributed by atoms with Gasteiger partial charge in [0.15, 0.2) is 6.10 Å². The van der Waals surface area contributed by atoms with E-state index in [2.05, 4.69) is 80.7 Å². The molecule has 2 atom stereocenters. The molecule has 0 N–H and O–H groups in total. The highest BCUT2D eigenvalue weighted by atomic mass is 31.2. The number of hydrogen-bond acceptors (Lipinski definition) is 8. The van der Waals surface area contributed by atoms with Gasteiger partial charge in [-0.3, -0.25) is 14.2 Å². The Morgan fingerprint density at radius 1 is 0.550 bits per heavy atom. The van der Waals surface area contributed by atoms with Crippen molar-refractivity contribution in [1.82, 2.24) is 0 Å². The van der Waals surface area contributed by atoms with Crippen LogP contribution in [0.2, 0.25) is 0 Å². The lowest BCUT2D eigenvalue weighted by Gasteiger charge is -2.28. The van der Waals surface area contributed by atoms with E-state index in [1.807, 2.05) is 33.3 Å². The van der Waals surface area contributed by atoms with Gasteiger partial charge in [-0.05, 0) is 70.6 Å². The number of quaternary nitrogens is 1. The standard InChI is InChI=1S/C50H86NO8P/c1-6-8-10-12-14-16-18-20-22-23-24-25-26-27-29-30-32-34-36-38-40-42-49(52)56-46-48(47-58-60(54,55)57-45-44-51(3,4)5)59-50(53)43-41-39-37-35-33-31-28-21-19-17-15-13-11-9-7-2/h9,11,15,17-18,20-21,23-24,28,33,35,39,41,48H,6-8,10,12-14,16,19,22,25-27,29-32,34,36-38,40,42-47H2,1-5H3/b11-9-,17-15-,20-18-,24-23-,28-21-,35-33-,41-39-. The second-order valence-corrected chi connectivity index (χ2v) is 17.8.